The number of amides is 2. The Morgan fingerprint density at radius 2 is 1.54 bits per heavy atom. The molecule has 2 aromatic carbocycles. The van der Waals surface area contributed by atoms with Gasteiger partial charge in [-0.25, -0.2) is 0 Å². The molecule has 0 unspecified atom stereocenters. The van der Waals surface area contributed by atoms with Gasteiger partial charge in [-0.1, -0.05) is 45.0 Å². The number of ether oxygens (including phenoxy) is 1. The van der Waals surface area contributed by atoms with Crippen LogP contribution >= 0.6 is 0 Å². The van der Waals surface area contributed by atoms with Gasteiger partial charge >= 0.3 is 0 Å². The van der Waals surface area contributed by atoms with Crippen molar-refractivity contribution in [3.05, 3.63) is 47.5 Å². The lowest BCUT2D eigenvalue weighted by Gasteiger charge is -2.37. The van der Waals surface area contributed by atoms with Gasteiger partial charge in [0.05, 0.1) is 25.8 Å². The van der Waals surface area contributed by atoms with Gasteiger partial charge < -0.3 is 14.7 Å². The Bertz CT molecular complexity index is 1070. The summed E-state index contributed by atoms with van der Waals surface area (Å²) in [6, 6.07) is 11.4. The molecule has 0 bridgehead atoms. The predicted molar refractivity (Wildman–Crippen MR) is 145 cm³/mol. The zero-order valence-corrected chi connectivity index (χ0v) is 22.7. The van der Waals surface area contributed by atoms with E-state index in [0.717, 1.165) is 55.5 Å². The van der Waals surface area contributed by atoms with Gasteiger partial charge in [-0.3, -0.25) is 14.5 Å². The number of imide groups is 1. The zero-order chi connectivity index (χ0) is 26.2. The maximum absolute atomic E-state index is 13.2. The first-order chi connectivity index (χ1) is 17.7. The lowest BCUT2D eigenvalue weighted by atomic mass is 9.72. The van der Waals surface area contributed by atoms with Crippen LogP contribution < -0.4 is 4.90 Å². The number of aliphatic hydroxyl groups excluding tert-OH is 1. The Labute approximate surface area is 221 Å². The Balaban J connectivity index is 1.07. The number of piperidine rings is 1. The number of hydrogen-bond donors (Lipinski definition) is 2. The fourth-order valence-corrected chi connectivity index (χ4v) is 6.71. The predicted octanol–water partition coefficient (Wildman–Crippen LogP) is 3.71. The lowest BCUT2D eigenvalue weighted by Crippen LogP contribution is -3.14. The van der Waals surface area contributed by atoms with Gasteiger partial charge in [0.25, 0.3) is 11.8 Å². The highest BCUT2D eigenvalue weighted by molar-refractivity contribution is 6.25. The Morgan fingerprint density at radius 3 is 2.11 bits per heavy atom. The molecule has 2 N–H and O–H groups in total. The van der Waals surface area contributed by atoms with Gasteiger partial charge in [0.2, 0.25) is 0 Å². The normalized spacial score (nSPS) is 27.5. The quantitative estimate of drug-likeness (QED) is 0.561. The van der Waals surface area contributed by atoms with E-state index in [1.54, 1.807) is 0 Å². The maximum atomic E-state index is 13.2. The van der Waals surface area contributed by atoms with Gasteiger partial charge in [-0.05, 0) is 60.5 Å². The molecular weight excluding hydrogens is 464 g/mol. The van der Waals surface area contributed by atoms with Crippen LogP contribution in [0.25, 0.3) is 10.8 Å². The van der Waals surface area contributed by atoms with Crippen LogP contribution in [0, 0.1) is 17.3 Å². The molecule has 2 heterocycles. The van der Waals surface area contributed by atoms with E-state index in [0.29, 0.717) is 42.2 Å². The minimum atomic E-state index is -0.450. The second-order valence-corrected chi connectivity index (χ2v) is 12.7. The van der Waals surface area contributed by atoms with E-state index in [1.807, 2.05) is 36.4 Å². The highest BCUT2D eigenvalue weighted by Crippen LogP contribution is 2.38. The highest BCUT2D eigenvalue weighted by atomic mass is 16.5. The molecule has 2 aliphatic heterocycles. The molecular formula is C31H43N2O4+. The first kappa shape index (κ1) is 26.3. The minimum Gasteiger partial charge on any atom is -0.385 e. The second kappa shape index (κ2) is 10.8. The average Bonchev–Trinajstić information content (AvgIpc) is 2.89. The molecule has 2 fully saturated rings. The van der Waals surface area contributed by atoms with Crippen molar-refractivity contribution in [2.75, 3.05) is 32.8 Å². The first-order valence-corrected chi connectivity index (χ1v) is 14.2. The van der Waals surface area contributed by atoms with Crippen LogP contribution in [0.3, 0.4) is 0 Å². The Morgan fingerprint density at radius 1 is 0.946 bits per heavy atom. The third-order valence-electron chi connectivity index (χ3n) is 9.06. The van der Waals surface area contributed by atoms with Crippen molar-refractivity contribution in [1.82, 2.24) is 4.90 Å². The fourth-order valence-electron chi connectivity index (χ4n) is 6.71. The molecule has 1 saturated carbocycles. The van der Waals surface area contributed by atoms with E-state index in [-0.39, 0.29) is 17.9 Å². The SMILES string of the molecule is CC(C)(C)C1CCC(OC[C@@H](O)C[NH+]2CCC(CN3C(=O)c4cccc5cccc(c45)C3=O)CC2)CC1. The summed E-state index contributed by atoms with van der Waals surface area (Å²) in [6.45, 7) is 10.5. The van der Waals surface area contributed by atoms with Crippen LogP contribution in [0.2, 0.25) is 0 Å². The van der Waals surface area contributed by atoms with E-state index in [1.165, 1.54) is 22.6 Å². The van der Waals surface area contributed by atoms with Gasteiger partial charge in [0.1, 0.15) is 12.6 Å². The molecule has 200 valence electrons. The van der Waals surface area contributed by atoms with Crippen molar-refractivity contribution >= 4 is 22.6 Å². The summed E-state index contributed by atoms with van der Waals surface area (Å²) in [5, 5.41) is 12.4. The number of benzene rings is 2. The third kappa shape index (κ3) is 5.76. The fraction of sp³-hybridized carbons (Fsp3) is 0.613. The van der Waals surface area contributed by atoms with Crippen molar-refractivity contribution in [2.45, 2.75) is 71.5 Å². The van der Waals surface area contributed by atoms with Crippen LogP contribution in [0.1, 0.15) is 80.0 Å². The standard InChI is InChI=1S/C31H42N2O4/c1-31(2,3)23-10-12-25(13-11-23)37-20-24(34)19-32-16-14-21(15-17-32)18-33-29(35)26-8-4-6-22-7-5-9-27(28(22)26)30(33)36/h4-9,21,23-25,34H,10-20H2,1-3H3/p+1/t23?,24-,25?/m0/s1. The number of nitrogens with zero attached hydrogens (tertiary/aromatic N) is 1. The molecule has 2 aromatic rings. The van der Waals surface area contributed by atoms with Crippen molar-refractivity contribution in [3.8, 4) is 0 Å². The maximum Gasteiger partial charge on any atom is 0.261 e. The number of quaternary nitrogens is 1. The monoisotopic (exact) mass is 507 g/mol. The molecule has 37 heavy (non-hydrogen) atoms. The van der Waals surface area contributed by atoms with Crippen LogP contribution in [-0.4, -0.2) is 66.8 Å². The van der Waals surface area contributed by atoms with Gasteiger partial charge in [-0.2, -0.15) is 0 Å². The first-order valence-electron chi connectivity index (χ1n) is 14.2. The van der Waals surface area contributed by atoms with Crippen LogP contribution in [0.5, 0.6) is 0 Å². The van der Waals surface area contributed by atoms with Crippen LogP contribution in [0.15, 0.2) is 36.4 Å². The average molecular weight is 508 g/mol. The summed E-state index contributed by atoms with van der Waals surface area (Å²) in [4.78, 5) is 29.3. The molecule has 2 amide bonds. The topological polar surface area (TPSA) is 71.3 Å². The summed E-state index contributed by atoms with van der Waals surface area (Å²) in [7, 11) is 0. The number of carbonyl (C=O) groups excluding carboxylic acids is 2. The second-order valence-electron chi connectivity index (χ2n) is 12.7. The summed E-state index contributed by atoms with van der Waals surface area (Å²) in [6.07, 6.45) is 6.35. The zero-order valence-electron chi connectivity index (χ0n) is 22.7. The van der Waals surface area contributed by atoms with E-state index < -0.39 is 6.10 Å². The third-order valence-corrected chi connectivity index (χ3v) is 9.06. The number of rotatable bonds is 7. The van der Waals surface area contributed by atoms with Gasteiger partial charge in [0, 0.05) is 35.9 Å². The molecule has 6 heteroatoms. The Kier molecular flexibility index (Phi) is 7.71. The van der Waals surface area contributed by atoms with Gasteiger partial charge in [-0.15, -0.1) is 0 Å². The van der Waals surface area contributed by atoms with Crippen LogP contribution in [-0.2, 0) is 4.74 Å². The van der Waals surface area contributed by atoms with E-state index in [2.05, 4.69) is 20.8 Å². The summed E-state index contributed by atoms with van der Waals surface area (Å²) >= 11 is 0. The molecule has 5 rings (SSSR count). The van der Waals surface area contributed by atoms with Crippen molar-refractivity contribution in [2.24, 2.45) is 17.3 Å². The number of carbonyl (C=O) groups is 2. The van der Waals surface area contributed by atoms with E-state index in [9.17, 15) is 14.7 Å². The number of hydrogen-bond acceptors (Lipinski definition) is 4. The van der Waals surface area contributed by atoms with Crippen LogP contribution in [0.4, 0.5) is 0 Å². The van der Waals surface area contributed by atoms with Crippen molar-refractivity contribution in [3.63, 3.8) is 0 Å². The lowest BCUT2D eigenvalue weighted by molar-refractivity contribution is -0.909. The minimum absolute atomic E-state index is 0.173. The summed E-state index contributed by atoms with van der Waals surface area (Å²) in [5.41, 5.74) is 1.63. The number of likely N-dealkylation sites (tertiary alicyclic amines) is 1. The Hall–Kier alpha value is -2.28. The molecule has 1 saturated heterocycles. The summed E-state index contributed by atoms with van der Waals surface area (Å²) in [5.74, 6) is 0.718. The van der Waals surface area contributed by atoms with Crippen molar-refractivity contribution in [1.29, 1.82) is 0 Å². The molecule has 1 atom stereocenters. The van der Waals surface area contributed by atoms with E-state index >= 15 is 0 Å². The van der Waals surface area contributed by atoms with Gasteiger partial charge in [0.15, 0.2) is 0 Å². The van der Waals surface area contributed by atoms with Crippen molar-refractivity contribution < 1.29 is 24.3 Å². The summed E-state index contributed by atoms with van der Waals surface area (Å²) < 4.78 is 6.10. The molecule has 3 aliphatic rings. The number of aliphatic hydroxyl groups is 1. The smallest absolute Gasteiger partial charge is 0.261 e. The molecule has 6 nitrogen and oxygen atoms in total. The number of nitrogens with one attached hydrogen (secondary N) is 1. The molecule has 1 aliphatic carbocycles. The molecule has 0 aromatic heterocycles. The largest absolute Gasteiger partial charge is 0.385 e. The van der Waals surface area contributed by atoms with E-state index in [4.69, 9.17) is 4.74 Å². The molecule has 0 spiro atoms. The highest BCUT2D eigenvalue weighted by Gasteiger charge is 2.36. The molecule has 0 radical (unpaired) electrons.